The number of nitrogens with zero attached hydrogens (tertiary/aromatic N) is 3. The second kappa shape index (κ2) is 10.5. The first kappa shape index (κ1) is 15.0. The molecule has 2 N–H and O–H groups in total. The molecule has 6 heteroatoms. The molecule has 0 heterocycles. The molecule has 0 spiro atoms. The zero-order valence-electron chi connectivity index (χ0n) is 10.4. The SMILES string of the molecule is CCNCCCCCCN(CC)/[N+]([O-])=N/O. The molecule has 16 heavy (non-hydrogen) atoms. The summed E-state index contributed by atoms with van der Waals surface area (Å²) < 4.78 is 0. The lowest BCUT2D eigenvalue weighted by Gasteiger charge is -2.15. The topological polar surface area (TPSA) is 73.9 Å². The van der Waals surface area contributed by atoms with Crippen molar-refractivity contribution < 1.29 is 10.2 Å². The van der Waals surface area contributed by atoms with Gasteiger partial charge in [-0.15, -0.1) is 5.01 Å². The molecule has 0 atom stereocenters. The molecule has 0 aromatic rings. The van der Waals surface area contributed by atoms with Gasteiger partial charge in [0, 0.05) is 0 Å². The molecule has 0 aliphatic carbocycles. The van der Waals surface area contributed by atoms with Crippen molar-refractivity contribution in [3.8, 4) is 0 Å². The van der Waals surface area contributed by atoms with E-state index in [1.54, 1.807) is 0 Å². The zero-order chi connectivity index (χ0) is 12.2. The van der Waals surface area contributed by atoms with Gasteiger partial charge in [0.1, 0.15) is 0 Å². The summed E-state index contributed by atoms with van der Waals surface area (Å²) in [5, 5.41) is 26.6. The Morgan fingerprint density at radius 3 is 2.50 bits per heavy atom. The van der Waals surface area contributed by atoms with Crippen molar-refractivity contribution in [1.82, 2.24) is 10.3 Å². The minimum atomic E-state index is 0.249. The predicted molar refractivity (Wildman–Crippen MR) is 62.1 cm³/mol. The molecule has 0 aromatic heterocycles. The molecule has 0 bridgehead atoms. The van der Waals surface area contributed by atoms with Gasteiger partial charge in [0.15, 0.2) is 0 Å². The summed E-state index contributed by atoms with van der Waals surface area (Å²) in [4.78, 5) is 0.249. The number of hydrogen-bond acceptors (Lipinski definition) is 3. The lowest BCUT2D eigenvalue weighted by Crippen LogP contribution is -2.31. The Morgan fingerprint density at radius 1 is 1.25 bits per heavy atom. The van der Waals surface area contributed by atoms with Gasteiger partial charge in [0.05, 0.1) is 18.1 Å². The molecule has 0 rings (SSSR count). The highest BCUT2D eigenvalue weighted by Gasteiger charge is 2.08. The van der Waals surface area contributed by atoms with Crippen molar-refractivity contribution in [2.75, 3.05) is 26.2 Å². The van der Waals surface area contributed by atoms with E-state index in [1.807, 2.05) is 6.92 Å². The van der Waals surface area contributed by atoms with Gasteiger partial charge in [-0.05, 0) is 32.9 Å². The van der Waals surface area contributed by atoms with Crippen molar-refractivity contribution in [2.24, 2.45) is 5.28 Å². The van der Waals surface area contributed by atoms with Crippen molar-refractivity contribution >= 4 is 0 Å². The zero-order valence-corrected chi connectivity index (χ0v) is 10.4. The molecule has 96 valence electrons. The number of unbranched alkanes of at least 4 members (excludes halogenated alkanes) is 3. The van der Waals surface area contributed by atoms with Crippen LogP contribution in [0.25, 0.3) is 0 Å². The van der Waals surface area contributed by atoms with Crippen LogP contribution in [0.2, 0.25) is 0 Å². The van der Waals surface area contributed by atoms with Crippen LogP contribution in [0, 0.1) is 5.21 Å². The average Bonchev–Trinajstić information content (AvgIpc) is 2.32. The lowest BCUT2D eigenvalue weighted by atomic mass is 10.2. The van der Waals surface area contributed by atoms with E-state index in [0.717, 1.165) is 25.9 Å². The monoisotopic (exact) mass is 232 g/mol. The van der Waals surface area contributed by atoms with Gasteiger partial charge < -0.3 is 15.7 Å². The van der Waals surface area contributed by atoms with Crippen molar-refractivity contribution in [1.29, 1.82) is 0 Å². The maximum absolute atomic E-state index is 11.0. The van der Waals surface area contributed by atoms with Gasteiger partial charge in [-0.3, -0.25) is 0 Å². The molecule has 0 radical (unpaired) electrons. The average molecular weight is 232 g/mol. The quantitative estimate of drug-likeness (QED) is 0.260. The molecule has 0 amide bonds. The smallest absolute Gasteiger partial charge is 0.230 e. The first-order valence-electron chi connectivity index (χ1n) is 6.04. The van der Waals surface area contributed by atoms with Gasteiger partial charge in [-0.25, -0.2) is 0 Å². The fourth-order valence-electron chi connectivity index (χ4n) is 1.50. The normalized spacial score (nSPS) is 11.8. The Morgan fingerprint density at radius 2 is 1.94 bits per heavy atom. The molecule has 0 aliphatic heterocycles. The van der Waals surface area contributed by atoms with Crippen LogP contribution < -0.4 is 5.32 Å². The van der Waals surface area contributed by atoms with Gasteiger partial charge in [-0.2, -0.15) is 0 Å². The fourth-order valence-corrected chi connectivity index (χ4v) is 1.50. The summed E-state index contributed by atoms with van der Waals surface area (Å²) in [5.74, 6) is 0. The standard InChI is InChI=1S/C10H24N4O2/c1-3-11-9-7-5-6-8-10-13(4-2)14(16)12-15/h11,15H,3-10H2,1-2H3/b14-12-. The molecule has 0 saturated carbocycles. The first-order chi connectivity index (χ1) is 7.76. The van der Waals surface area contributed by atoms with Crippen molar-refractivity contribution in [3.63, 3.8) is 0 Å². The highest BCUT2D eigenvalue weighted by molar-refractivity contribution is 4.49. The summed E-state index contributed by atoms with van der Waals surface area (Å²) >= 11 is 0. The van der Waals surface area contributed by atoms with Crippen LogP contribution in [0.4, 0.5) is 0 Å². The molecular weight excluding hydrogens is 208 g/mol. The number of hydrogen-bond donors (Lipinski definition) is 2. The van der Waals surface area contributed by atoms with E-state index >= 15 is 0 Å². The summed E-state index contributed by atoms with van der Waals surface area (Å²) in [6.45, 7) is 7.25. The largest absolute Gasteiger partial charge is 0.569 e. The van der Waals surface area contributed by atoms with Crippen LogP contribution in [-0.2, 0) is 0 Å². The third-order valence-corrected chi connectivity index (χ3v) is 2.45. The summed E-state index contributed by atoms with van der Waals surface area (Å²) in [6.07, 6.45) is 4.39. The molecule has 0 unspecified atom stereocenters. The van der Waals surface area contributed by atoms with Gasteiger partial charge in [-0.1, -0.05) is 19.8 Å². The van der Waals surface area contributed by atoms with Crippen LogP contribution in [0.5, 0.6) is 0 Å². The van der Waals surface area contributed by atoms with Gasteiger partial charge in [0.2, 0.25) is 5.28 Å². The Hall–Kier alpha value is -1.04. The third-order valence-electron chi connectivity index (χ3n) is 2.45. The number of hydrazine groups is 1. The van der Waals surface area contributed by atoms with E-state index in [2.05, 4.69) is 17.5 Å². The third kappa shape index (κ3) is 7.28. The van der Waals surface area contributed by atoms with Crippen molar-refractivity contribution in [3.05, 3.63) is 5.21 Å². The van der Waals surface area contributed by atoms with E-state index in [0.29, 0.717) is 13.1 Å². The van der Waals surface area contributed by atoms with E-state index < -0.39 is 0 Å². The summed E-state index contributed by atoms with van der Waals surface area (Å²) in [6, 6.07) is 0. The minimum Gasteiger partial charge on any atom is -0.569 e. The van der Waals surface area contributed by atoms with E-state index in [1.165, 1.54) is 17.9 Å². The van der Waals surface area contributed by atoms with E-state index in [-0.39, 0.29) is 4.97 Å². The maximum Gasteiger partial charge on any atom is 0.230 e. The Balaban J connectivity index is 3.42. The lowest BCUT2D eigenvalue weighted by molar-refractivity contribution is -0.709. The number of rotatable bonds is 10. The second-order valence-electron chi connectivity index (χ2n) is 3.66. The molecule has 0 fully saturated rings. The van der Waals surface area contributed by atoms with Crippen LogP contribution in [0.3, 0.4) is 0 Å². The minimum absolute atomic E-state index is 0.249. The maximum atomic E-state index is 11.0. The second-order valence-corrected chi connectivity index (χ2v) is 3.66. The van der Waals surface area contributed by atoms with Gasteiger partial charge >= 0.3 is 0 Å². The summed E-state index contributed by atoms with van der Waals surface area (Å²) in [7, 11) is 0. The Bertz CT molecular complexity index is 188. The van der Waals surface area contributed by atoms with E-state index in [9.17, 15) is 5.21 Å². The van der Waals surface area contributed by atoms with Gasteiger partial charge in [0.25, 0.3) is 0 Å². The molecule has 0 aromatic carbocycles. The van der Waals surface area contributed by atoms with Crippen LogP contribution in [0.1, 0.15) is 39.5 Å². The highest BCUT2D eigenvalue weighted by atomic mass is 16.6. The predicted octanol–water partition coefficient (Wildman–Crippen LogP) is 1.74. The van der Waals surface area contributed by atoms with Crippen LogP contribution in [0.15, 0.2) is 5.28 Å². The summed E-state index contributed by atoms with van der Waals surface area (Å²) in [5.41, 5.74) is 0. The molecule has 6 nitrogen and oxygen atoms in total. The molecule has 0 aliphatic rings. The fraction of sp³-hybridized carbons (Fsp3) is 1.00. The molecule has 0 saturated heterocycles. The van der Waals surface area contributed by atoms with Crippen LogP contribution in [-0.4, -0.2) is 41.4 Å². The Kier molecular flexibility index (Phi) is 9.80. The first-order valence-corrected chi connectivity index (χ1v) is 6.04. The van der Waals surface area contributed by atoms with Crippen molar-refractivity contribution in [2.45, 2.75) is 39.5 Å². The number of nitrogens with one attached hydrogen (secondary N) is 1. The molecular formula is C10H24N4O2. The van der Waals surface area contributed by atoms with E-state index in [4.69, 9.17) is 5.21 Å². The van der Waals surface area contributed by atoms with Crippen LogP contribution >= 0.6 is 0 Å². The highest BCUT2D eigenvalue weighted by Crippen LogP contribution is 2.01. The Labute approximate surface area is 97.5 Å².